The largest absolute Gasteiger partial charge is 0.328 e. The maximum absolute atomic E-state index is 5.66. The maximum Gasteiger partial charge on any atom is 0.00131 e. The molecule has 1 aliphatic carbocycles. The fraction of sp³-hybridized carbons (Fsp3) is 1.00. The smallest absolute Gasteiger partial charge is 0.00131 e. The third-order valence-electron chi connectivity index (χ3n) is 2.17. The van der Waals surface area contributed by atoms with Gasteiger partial charge in [0.1, 0.15) is 0 Å². The predicted molar refractivity (Wildman–Crippen MR) is 40.2 cm³/mol. The molecular weight excluding hydrogens is 110 g/mol. The van der Waals surface area contributed by atoms with Crippen LogP contribution in [0.3, 0.4) is 0 Å². The minimum absolute atomic E-state index is 0.403. The van der Waals surface area contributed by atoms with Gasteiger partial charge in [-0.15, -0.1) is 0 Å². The van der Waals surface area contributed by atoms with Gasteiger partial charge in [-0.2, -0.15) is 0 Å². The minimum atomic E-state index is 0.403. The van der Waals surface area contributed by atoms with Gasteiger partial charge in [0.05, 0.1) is 0 Å². The highest BCUT2D eigenvalue weighted by molar-refractivity contribution is 4.79. The van der Waals surface area contributed by atoms with Crippen molar-refractivity contribution >= 4 is 0 Å². The van der Waals surface area contributed by atoms with Gasteiger partial charge in [-0.3, -0.25) is 0 Å². The van der Waals surface area contributed by atoms with E-state index in [0.29, 0.717) is 6.04 Å². The van der Waals surface area contributed by atoms with Crippen molar-refractivity contribution in [3.8, 4) is 0 Å². The van der Waals surface area contributed by atoms with Crippen molar-refractivity contribution in [2.75, 3.05) is 0 Å². The van der Waals surface area contributed by atoms with Crippen molar-refractivity contribution < 1.29 is 0 Å². The van der Waals surface area contributed by atoms with Crippen LogP contribution in [-0.2, 0) is 0 Å². The molecule has 0 bridgehead atoms. The van der Waals surface area contributed by atoms with Crippen LogP contribution < -0.4 is 5.73 Å². The molecule has 2 atom stereocenters. The lowest BCUT2D eigenvalue weighted by molar-refractivity contribution is 0.433. The fourth-order valence-electron chi connectivity index (χ4n) is 1.44. The van der Waals surface area contributed by atoms with E-state index in [1.54, 1.807) is 0 Å². The van der Waals surface area contributed by atoms with Crippen molar-refractivity contribution in [2.45, 2.75) is 39.2 Å². The monoisotopic (exact) mass is 127 g/mol. The zero-order valence-corrected chi connectivity index (χ0v) is 6.43. The van der Waals surface area contributed by atoms with Crippen molar-refractivity contribution in [1.29, 1.82) is 0 Å². The summed E-state index contributed by atoms with van der Waals surface area (Å²) in [6.45, 7) is 4.42. The van der Waals surface area contributed by atoms with Crippen molar-refractivity contribution in [2.24, 2.45) is 17.6 Å². The van der Waals surface area contributed by atoms with E-state index < -0.39 is 0 Å². The Kier molecular flexibility index (Phi) is 2.12. The van der Waals surface area contributed by atoms with Gasteiger partial charge in [-0.1, -0.05) is 6.92 Å². The van der Waals surface area contributed by atoms with Gasteiger partial charge in [-0.05, 0) is 38.0 Å². The molecule has 0 heterocycles. The average Bonchev–Trinajstić information content (AvgIpc) is 2.40. The third-order valence-corrected chi connectivity index (χ3v) is 2.17. The van der Waals surface area contributed by atoms with Crippen LogP contribution in [0.5, 0.6) is 0 Å². The first-order chi connectivity index (χ1) is 4.20. The zero-order valence-electron chi connectivity index (χ0n) is 6.43. The molecule has 0 radical (unpaired) electrons. The van der Waals surface area contributed by atoms with Crippen LogP contribution in [0.15, 0.2) is 0 Å². The second-order valence-corrected chi connectivity index (χ2v) is 3.53. The molecule has 2 N–H and O–H groups in total. The summed E-state index contributed by atoms with van der Waals surface area (Å²) in [7, 11) is 0. The Morgan fingerprint density at radius 2 is 2.00 bits per heavy atom. The standard InChI is InChI=1S/C8H17N/c1-6(5-7(2)9)8-3-4-8/h6-8H,3-5,9H2,1-2H3. The molecule has 1 saturated carbocycles. The number of nitrogens with two attached hydrogens (primary N) is 1. The van der Waals surface area contributed by atoms with E-state index in [2.05, 4.69) is 13.8 Å². The van der Waals surface area contributed by atoms with E-state index in [1.165, 1.54) is 19.3 Å². The molecule has 9 heavy (non-hydrogen) atoms. The summed E-state index contributed by atoms with van der Waals surface area (Å²) in [6, 6.07) is 0.403. The van der Waals surface area contributed by atoms with Gasteiger partial charge in [0, 0.05) is 6.04 Å². The van der Waals surface area contributed by atoms with Crippen LogP contribution in [0.25, 0.3) is 0 Å². The Labute approximate surface area is 57.6 Å². The number of rotatable bonds is 3. The van der Waals surface area contributed by atoms with E-state index in [9.17, 15) is 0 Å². The van der Waals surface area contributed by atoms with E-state index in [4.69, 9.17) is 5.73 Å². The zero-order chi connectivity index (χ0) is 6.85. The van der Waals surface area contributed by atoms with Gasteiger partial charge in [-0.25, -0.2) is 0 Å². The molecule has 0 saturated heterocycles. The number of hydrogen-bond donors (Lipinski definition) is 1. The molecule has 2 unspecified atom stereocenters. The van der Waals surface area contributed by atoms with E-state index in [-0.39, 0.29) is 0 Å². The SMILES string of the molecule is CC(N)CC(C)C1CC1. The summed E-state index contributed by atoms with van der Waals surface area (Å²) in [5.74, 6) is 1.90. The summed E-state index contributed by atoms with van der Waals surface area (Å²) in [5, 5.41) is 0. The van der Waals surface area contributed by atoms with Crippen molar-refractivity contribution in [3.63, 3.8) is 0 Å². The molecule has 0 amide bonds. The molecule has 0 aromatic carbocycles. The Morgan fingerprint density at radius 1 is 1.44 bits per heavy atom. The van der Waals surface area contributed by atoms with Crippen molar-refractivity contribution in [1.82, 2.24) is 0 Å². The van der Waals surface area contributed by atoms with Gasteiger partial charge < -0.3 is 5.73 Å². The van der Waals surface area contributed by atoms with E-state index in [1.807, 2.05) is 0 Å². The predicted octanol–water partition coefficient (Wildman–Crippen LogP) is 1.77. The molecule has 1 nitrogen and oxygen atoms in total. The van der Waals surface area contributed by atoms with Gasteiger partial charge in [0.15, 0.2) is 0 Å². The van der Waals surface area contributed by atoms with E-state index in [0.717, 1.165) is 11.8 Å². The summed E-state index contributed by atoms with van der Waals surface area (Å²) in [6.07, 6.45) is 4.12. The molecule has 0 aromatic heterocycles. The van der Waals surface area contributed by atoms with Crippen LogP contribution in [0.2, 0.25) is 0 Å². The first-order valence-corrected chi connectivity index (χ1v) is 3.95. The highest BCUT2D eigenvalue weighted by Gasteiger charge is 2.27. The molecule has 1 rings (SSSR count). The highest BCUT2D eigenvalue weighted by Crippen LogP contribution is 2.38. The minimum Gasteiger partial charge on any atom is -0.328 e. The van der Waals surface area contributed by atoms with Crippen LogP contribution in [0.1, 0.15) is 33.1 Å². The fourth-order valence-corrected chi connectivity index (χ4v) is 1.44. The first kappa shape index (κ1) is 7.07. The highest BCUT2D eigenvalue weighted by atomic mass is 14.6. The number of hydrogen-bond acceptors (Lipinski definition) is 1. The molecule has 1 heteroatoms. The van der Waals surface area contributed by atoms with Crippen LogP contribution in [-0.4, -0.2) is 6.04 Å². The molecule has 0 aliphatic heterocycles. The Hall–Kier alpha value is -0.0400. The van der Waals surface area contributed by atoms with Crippen LogP contribution in [0, 0.1) is 11.8 Å². The lowest BCUT2D eigenvalue weighted by Gasteiger charge is -2.11. The second-order valence-electron chi connectivity index (χ2n) is 3.53. The summed E-state index contributed by atoms with van der Waals surface area (Å²) < 4.78 is 0. The van der Waals surface area contributed by atoms with Gasteiger partial charge in [0.2, 0.25) is 0 Å². The molecule has 0 spiro atoms. The summed E-state index contributed by atoms with van der Waals surface area (Å²) in [5.41, 5.74) is 5.66. The third kappa shape index (κ3) is 2.35. The lowest BCUT2D eigenvalue weighted by Crippen LogP contribution is -2.18. The van der Waals surface area contributed by atoms with Gasteiger partial charge in [0.25, 0.3) is 0 Å². The Morgan fingerprint density at radius 3 is 2.33 bits per heavy atom. The average molecular weight is 127 g/mol. The maximum atomic E-state index is 5.66. The van der Waals surface area contributed by atoms with Crippen molar-refractivity contribution in [3.05, 3.63) is 0 Å². The Balaban J connectivity index is 2.10. The topological polar surface area (TPSA) is 26.0 Å². The van der Waals surface area contributed by atoms with Crippen LogP contribution >= 0.6 is 0 Å². The molecule has 0 aromatic rings. The van der Waals surface area contributed by atoms with E-state index >= 15 is 0 Å². The summed E-state index contributed by atoms with van der Waals surface area (Å²) >= 11 is 0. The molecule has 1 aliphatic rings. The van der Waals surface area contributed by atoms with Gasteiger partial charge >= 0.3 is 0 Å². The lowest BCUT2D eigenvalue weighted by atomic mass is 9.99. The molecular formula is C8H17N. The normalized spacial score (nSPS) is 25.7. The quantitative estimate of drug-likeness (QED) is 0.614. The molecule has 54 valence electrons. The first-order valence-electron chi connectivity index (χ1n) is 3.95. The molecule has 1 fully saturated rings. The summed E-state index contributed by atoms with van der Waals surface area (Å²) in [4.78, 5) is 0. The van der Waals surface area contributed by atoms with Crippen LogP contribution in [0.4, 0.5) is 0 Å². The second kappa shape index (κ2) is 2.70. The Bertz CT molecular complexity index is 84.6.